The Morgan fingerprint density at radius 1 is 0.935 bits per heavy atom. The first-order valence-corrected chi connectivity index (χ1v) is 9.44. The molecule has 0 aliphatic rings. The van der Waals surface area contributed by atoms with E-state index in [1.54, 1.807) is 0 Å². The third kappa shape index (κ3) is 4.02. The number of nitro benzene ring substituents is 2. The van der Waals surface area contributed by atoms with Gasteiger partial charge in [0.1, 0.15) is 16.6 Å². The minimum Gasteiger partial charge on any atom is -0.505 e. The Labute approximate surface area is 171 Å². The average molecular weight is 449 g/mol. The molecule has 0 unspecified atom stereocenters. The molecule has 5 N–H and O–H groups in total. The number of azo groups is 1. The molecule has 0 fully saturated rings. The first kappa shape index (κ1) is 21.3. The molecule has 0 saturated carbocycles. The molecule has 3 aromatic rings. The van der Waals surface area contributed by atoms with Gasteiger partial charge in [-0.15, -0.1) is 10.2 Å². The third-order valence-electron chi connectivity index (χ3n) is 4.08. The van der Waals surface area contributed by atoms with Crippen molar-refractivity contribution in [3.63, 3.8) is 0 Å². The van der Waals surface area contributed by atoms with Crippen molar-refractivity contribution in [3.8, 4) is 11.5 Å². The molecule has 0 amide bonds. The zero-order chi connectivity index (χ0) is 23.1. The summed E-state index contributed by atoms with van der Waals surface area (Å²) in [6.45, 7) is 0. The zero-order valence-electron chi connectivity index (χ0n) is 15.0. The number of hydrogen-bond donors (Lipinski definition) is 4. The lowest BCUT2D eigenvalue weighted by Crippen LogP contribution is -1.99. The Morgan fingerprint density at radius 3 is 2.16 bits per heavy atom. The van der Waals surface area contributed by atoms with Gasteiger partial charge in [0, 0.05) is 17.1 Å². The van der Waals surface area contributed by atoms with Gasteiger partial charge in [0.05, 0.1) is 9.85 Å². The standard InChI is InChI=1S/C16H11N5O9S/c17-8-2-1-7-3-14(31(28,29)30)15(16(23)9(7)4-8)19-18-10-5-13(22)12(21(26)27)6-11(10)20(24)25/h1-6,22-23H,17H2,(H,28,29,30). The van der Waals surface area contributed by atoms with Crippen molar-refractivity contribution in [3.05, 3.63) is 56.6 Å². The normalized spacial score (nSPS) is 11.8. The summed E-state index contributed by atoms with van der Waals surface area (Å²) in [6, 6.07) is 6.06. The lowest BCUT2D eigenvalue weighted by Gasteiger charge is -2.09. The number of nitro groups is 2. The van der Waals surface area contributed by atoms with Gasteiger partial charge in [-0.25, -0.2) is 0 Å². The molecule has 14 nitrogen and oxygen atoms in total. The van der Waals surface area contributed by atoms with Gasteiger partial charge in [-0.3, -0.25) is 24.8 Å². The highest BCUT2D eigenvalue weighted by atomic mass is 32.2. The van der Waals surface area contributed by atoms with Crippen molar-refractivity contribution in [1.29, 1.82) is 0 Å². The lowest BCUT2D eigenvalue weighted by molar-refractivity contribution is -0.394. The van der Waals surface area contributed by atoms with E-state index in [0.717, 1.165) is 6.07 Å². The number of benzene rings is 3. The molecule has 0 atom stereocenters. The van der Waals surface area contributed by atoms with Crippen LogP contribution in [0.4, 0.5) is 28.4 Å². The van der Waals surface area contributed by atoms with Crippen molar-refractivity contribution < 1.29 is 33.0 Å². The van der Waals surface area contributed by atoms with E-state index in [-0.39, 0.29) is 16.5 Å². The molecule has 0 saturated heterocycles. The van der Waals surface area contributed by atoms with Crippen LogP contribution in [-0.2, 0) is 10.1 Å². The van der Waals surface area contributed by atoms with Crippen molar-refractivity contribution in [2.75, 3.05) is 5.73 Å². The van der Waals surface area contributed by atoms with Crippen molar-refractivity contribution >= 4 is 49.3 Å². The predicted molar refractivity (Wildman–Crippen MR) is 105 cm³/mol. The average Bonchev–Trinajstić information content (AvgIpc) is 2.66. The topological polar surface area (TPSA) is 232 Å². The summed E-state index contributed by atoms with van der Waals surface area (Å²) in [5.74, 6) is -1.72. The molecule has 15 heteroatoms. The molecule has 3 aromatic carbocycles. The quantitative estimate of drug-likeness (QED) is 0.146. The summed E-state index contributed by atoms with van der Waals surface area (Å²) in [4.78, 5) is 19.1. The van der Waals surface area contributed by atoms with Crippen molar-refractivity contribution in [2.24, 2.45) is 10.2 Å². The second-order valence-electron chi connectivity index (χ2n) is 6.07. The van der Waals surface area contributed by atoms with E-state index in [4.69, 9.17) is 5.73 Å². The first-order chi connectivity index (χ1) is 14.4. The Bertz CT molecular complexity index is 1400. The van der Waals surface area contributed by atoms with Gasteiger partial charge in [0.15, 0.2) is 17.2 Å². The van der Waals surface area contributed by atoms with E-state index >= 15 is 0 Å². The number of phenolic OH excluding ortho intramolecular Hbond substituents is 2. The van der Waals surface area contributed by atoms with Gasteiger partial charge in [-0.2, -0.15) is 8.42 Å². The highest BCUT2D eigenvalue weighted by molar-refractivity contribution is 7.86. The van der Waals surface area contributed by atoms with Crippen LogP contribution in [0.25, 0.3) is 10.8 Å². The van der Waals surface area contributed by atoms with Crippen LogP contribution in [0.3, 0.4) is 0 Å². The summed E-state index contributed by atoms with van der Waals surface area (Å²) in [6.07, 6.45) is 0. The maximum atomic E-state index is 11.8. The third-order valence-corrected chi connectivity index (χ3v) is 4.94. The smallest absolute Gasteiger partial charge is 0.317 e. The van der Waals surface area contributed by atoms with Gasteiger partial charge in [-0.1, -0.05) is 6.07 Å². The van der Waals surface area contributed by atoms with Crippen molar-refractivity contribution in [1.82, 2.24) is 0 Å². The fourth-order valence-corrected chi connectivity index (χ4v) is 3.34. The van der Waals surface area contributed by atoms with Crippen LogP contribution in [0, 0.1) is 20.2 Å². The Morgan fingerprint density at radius 2 is 1.58 bits per heavy atom. The molecule has 0 aliphatic heterocycles. The van der Waals surface area contributed by atoms with E-state index < -0.39 is 59.1 Å². The molecular weight excluding hydrogens is 438 g/mol. The lowest BCUT2D eigenvalue weighted by atomic mass is 10.1. The first-order valence-electron chi connectivity index (χ1n) is 8.00. The Hall–Kier alpha value is -4.37. The molecule has 31 heavy (non-hydrogen) atoms. The second-order valence-corrected chi connectivity index (χ2v) is 7.46. The number of phenols is 2. The Kier molecular flexibility index (Phi) is 5.14. The number of anilines is 1. The summed E-state index contributed by atoms with van der Waals surface area (Å²) in [7, 11) is -4.93. The van der Waals surface area contributed by atoms with Crippen LogP contribution in [0.1, 0.15) is 0 Å². The van der Waals surface area contributed by atoms with Crippen LogP contribution >= 0.6 is 0 Å². The molecule has 0 heterocycles. The maximum absolute atomic E-state index is 11.8. The summed E-state index contributed by atoms with van der Waals surface area (Å²) in [5, 5.41) is 49.5. The minimum atomic E-state index is -4.93. The molecule has 3 rings (SSSR count). The summed E-state index contributed by atoms with van der Waals surface area (Å²) in [5.41, 5.74) is 2.52. The van der Waals surface area contributed by atoms with Gasteiger partial charge in [0.25, 0.3) is 10.1 Å². The zero-order valence-corrected chi connectivity index (χ0v) is 15.8. The van der Waals surface area contributed by atoms with Crippen LogP contribution in [0.15, 0.2) is 51.5 Å². The highest BCUT2D eigenvalue weighted by Gasteiger charge is 2.26. The fraction of sp³-hybridized carbons (Fsp3) is 0. The van der Waals surface area contributed by atoms with E-state index in [1.807, 2.05) is 0 Å². The molecule has 0 aromatic heterocycles. The maximum Gasteiger partial charge on any atom is 0.317 e. The molecule has 0 aliphatic carbocycles. The van der Waals surface area contributed by atoms with Gasteiger partial charge in [-0.05, 0) is 23.6 Å². The number of aromatic hydroxyl groups is 2. The van der Waals surface area contributed by atoms with Crippen LogP contribution < -0.4 is 5.73 Å². The number of rotatable bonds is 5. The van der Waals surface area contributed by atoms with Crippen LogP contribution in [-0.4, -0.2) is 33.0 Å². The van der Waals surface area contributed by atoms with Gasteiger partial charge in [0.2, 0.25) is 0 Å². The van der Waals surface area contributed by atoms with Gasteiger partial charge < -0.3 is 15.9 Å². The summed E-state index contributed by atoms with van der Waals surface area (Å²) >= 11 is 0. The number of nitrogen functional groups attached to an aromatic ring is 1. The molecule has 0 radical (unpaired) electrons. The molecule has 0 spiro atoms. The number of nitrogens with zero attached hydrogens (tertiary/aromatic N) is 4. The molecule has 0 bridgehead atoms. The van der Waals surface area contributed by atoms with E-state index in [1.165, 1.54) is 18.2 Å². The monoisotopic (exact) mass is 449 g/mol. The van der Waals surface area contributed by atoms with E-state index in [0.29, 0.717) is 12.1 Å². The second kappa shape index (κ2) is 7.47. The van der Waals surface area contributed by atoms with Crippen LogP contribution in [0.2, 0.25) is 0 Å². The minimum absolute atomic E-state index is 0.0439. The number of fused-ring (bicyclic) bond motifs is 1. The SMILES string of the molecule is Nc1ccc2cc(S(=O)(=O)O)c(N=Nc3cc(O)c([N+](=O)[O-])cc3[N+](=O)[O-])c(O)c2c1. The van der Waals surface area contributed by atoms with E-state index in [2.05, 4.69) is 10.2 Å². The summed E-state index contributed by atoms with van der Waals surface area (Å²) < 4.78 is 33.0. The number of hydrogen-bond acceptors (Lipinski definition) is 11. The fourth-order valence-electron chi connectivity index (χ4n) is 2.68. The molecule has 160 valence electrons. The largest absolute Gasteiger partial charge is 0.505 e. The Balaban J connectivity index is 2.28. The molecular formula is C16H11N5O9S. The van der Waals surface area contributed by atoms with Crippen molar-refractivity contribution in [2.45, 2.75) is 4.90 Å². The predicted octanol–water partition coefficient (Wildman–Crippen LogP) is 3.31. The van der Waals surface area contributed by atoms with E-state index in [9.17, 15) is 43.4 Å². The number of nitrogens with two attached hydrogens (primary N) is 1. The van der Waals surface area contributed by atoms with Gasteiger partial charge >= 0.3 is 11.4 Å². The highest BCUT2D eigenvalue weighted by Crippen LogP contribution is 2.44. The van der Waals surface area contributed by atoms with Crippen LogP contribution in [0.5, 0.6) is 11.5 Å².